The first-order valence-corrected chi connectivity index (χ1v) is 10.5. The van der Waals surface area contributed by atoms with Gasteiger partial charge in [-0.15, -0.1) is 0 Å². The highest BCUT2D eigenvalue weighted by molar-refractivity contribution is 7.89. The van der Waals surface area contributed by atoms with Crippen molar-refractivity contribution < 1.29 is 22.0 Å². The number of benzene rings is 2. The number of carbonyl (C=O) groups is 1. The maximum absolute atomic E-state index is 14.4. The Kier molecular flexibility index (Phi) is 6.28. The van der Waals surface area contributed by atoms with Crippen molar-refractivity contribution in [1.29, 1.82) is 0 Å². The van der Waals surface area contributed by atoms with E-state index in [1.807, 2.05) is 0 Å². The van der Waals surface area contributed by atoms with Crippen LogP contribution in [0.3, 0.4) is 0 Å². The molecule has 2 aromatic carbocycles. The summed E-state index contributed by atoms with van der Waals surface area (Å²) in [5.74, 6) is -1.41. The van der Waals surface area contributed by atoms with Gasteiger partial charge in [0.25, 0.3) is 0 Å². The topological polar surface area (TPSA) is 93.1 Å². The van der Waals surface area contributed by atoms with E-state index in [0.29, 0.717) is 17.1 Å². The fourth-order valence-electron chi connectivity index (χ4n) is 2.84. The van der Waals surface area contributed by atoms with Gasteiger partial charge in [-0.2, -0.15) is 4.72 Å². The molecule has 0 aliphatic carbocycles. The number of halogens is 2. The number of aromatic nitrogens is 2. The molecule has 1 heterocycles. The molecule has 3 aromatic rings. The van der Waals surface area contributed by atoms with Gasteiger partial charge in [0.2, 0.25) is 15.9 Å². The van der Waals surface area contributed by atoms with Crippen LogP contribution in [-0.4, -0.2) is 29.9 Å². The number of hydrogen-bond donors (Lipinski definition) is 2. The van der Waals surface area contributed by atoms with Crippen molar-refractivity contribution in [2.45, 2.75) is 31.3 Å². The molecule has 0 fully saturated rings. The Hall–Kier alpha value is -3.11. The third kappa shape index (κ3) is 4.71. The molecule has 7 nitrogen and oxygen atoms in total. The molecule has 2 N–H and O–H groups in total. The summed E-state index contributed by atoms with van der Waals surface area (Å²) in [6, 6.07) is 8.20. The van der Waals surface area contributed by atoms with Crippen molar-refractivity contribution in [3.05, 3.63) is 77.9 Å². The van der Waals surface area contributed by atoms with Crippen molar-refractivity contribution in [1.82, 2.24) is 19.6 Å². The van der Waals surface area contributed by atoms with Gasteiger partial charge in [0, 0.05) is 18.9 Å². The Labute approximate surface area is 172 Å². The van der Waals surface area contributed by atoms with Crippen LogP contribution in [0.5, 0.6) is 0 Å². The van der Waals surface area contributed by atoms with Crippen molar-refractivity contribution >= 4 is 15.9 Å². The van der Waals surface area contributed by atoms with Crippen LogP contribution in [0.4, 0.5) is 8.78 Å². The zero-order chi connectivity index (χ0) is 21.9. The average molecular weight is 434 g/mol. The number of carbonyl (C=O) groups excluding carboxylic acids is 1. The number of rotatable bonds is 7. The maximum Gasteiger partial charge on any atom is 0.244 e. The Balaban J connectivity index is 1.63. The van der Waals surface area contributed by atoms with E-state index >= 15 is 0 Å². The van der Waals surface area contributed by atoms with Gasteiger partial charge in [-0.25, -0.2) is 22.2 Å². The molecular weight excluding hydrogens is 414 g/mol. The van der Waals surface area contributed by atoms with Crippen LogP contribution in [-0.2, 0) is 21.4 Å². The first-order valence-electron chi connectivity index (χ1n) is 9.02. The second kappa shape index (κ2) is 8.72. The van der Waals surface area contributed by atoms with Crippen LogP contribution in [0.15, 0.2) is 59.8 Å². The number of hydrogen-bond acceptors (Lipinski definition) is 4. The van der Waals surface area contributed by atoms with E-state index in [9.17, 15) is 22.0 Å². The number of aryl methyl sites for hydroxylation is 1. The highest BCUT2D eigenvalue weighted by Gasteiger charge is 2.24. The minimum atomic E-state index is -4.21. The van der Waals surface area contributed by atoms with Gasteiger partial charge in [-0.05, 0) is 43.7 Å². The molecule has 0 spiro atoms. The van der Waals surface area contributed by atoms with E-state index in [0.717, 1.165) is 12.1 Å². The number of nitrogens with one attached hydrogen (secondary N) is 2. The Morgan fingerprint density at radius 1 is 1.17 bits per heavy atom. The molecule has 0 saturated heterocycles. The fourth-order valence-corrected chi connectivity index (χ4v) is 4.12. The molecule has 0 saturated carbocycles. The zero-order valence-electron chi connectivity index (χ0n) is 16.3. The lowest BCUT2D eigenvalue weighted by molar-refractivity contribution is -0.122. The zero-order valence-corrected chi connectivity index (χ0v) is 17.1. The number of amides is 1. The number of imidazole rings is 1. The van der Waals surface area contributed by atoms with Crippen molar-refractivity contribution in [2.24, 2.45) is 0 Å². The molecule has 0 aliphatic heterocycles. The molecule has 0 radical (unpaired) electrons. The van der Waals surface area contributed by atoms with E-state index in [1.54, 1.807) is 36.0 Å². The summed E-state index contributed by atoms with van der Waals surface area (Å²) in [5.41, 5.74) is 0.817. The SMILES string of the molecule is Cc1nccn1-c1ccc(CNC(=O)[C@H](C)NS(=O)(=O)c2ccccc2F)cc1F. The highest BCUT2D eigenvalue weighted by Crippen LogP contribution is 2.17. The summed E-state index contributed by atoms with van der Waals surface area (Å²) in [6.45, 7) is 3.07. The molecule has 3 rings (SSSR count). The summed E-state index contributed by atoms with van der Waals surface area (Å²) < 4.78 is 56.5. The Morgan fingerprint density at radius 2 is 1.90 bits per heavy atom. The lowest BCUT2D eigenvalue weighted by Crippen LogP contribution is -2.44. The van der Waals surface area contributed by atoms with E-state index in [1.165, 1.54) is 25.1 Å². The number of sulfonamides is 1. The lowest BCUT2D eigenvalue weighted by Gasteiger charge is -2.15. The molecule has 0 aliphatic rings. The molecule has 1 amide bonds. The average Bonchev–Trinajstić information content (AvgIpc) is 3.11. The Bertz CT molecular complexity index is 1180. The van der Waals surface area contributed by atoms with Crippen LogP contribution in [0.25, 0.3) is 5.69 Å². The summed E-state index contributed by atoms with van der Waals surface area (Å²) in [4.78, 5) is 15.8. The van der Waals surface area contributed by atoms with Crippen LogP contribution in [0.2, 0.25) is 0 Å². The third-order valence-corrected chi connectivity index (χ3v) is 5.99. The molecular formula is C20H20F2N4O3S. The van der Waals surface area contributed by atoms with Crippen LogP contribution in [0, 0.1) is 18.6 Å². The first kappa shape index (κ1) is 21.6. The smallest absolute Gasteiger partial charge is 0.244 e. The van der Waals surface area contributed by atoms with Crippen LogP contribution in [0.1, 0.15) is 18.3 Å². The van der Waals surface area contributed by atoms with Gasteiger partial charge in [0.1, 0.15) is 22.4 Å². The van der Waals surface area contributed by atoms with Gasteiger partial charge in [-0.3, -0.25) is 4.79 Å². The normalized spacial score (nSPS) is 12.5. The molecule has 1 aromatic heterocycles. The van der Waals surface area contributed by atoms with Gasteiger partial charge >= 0.3 is 0 Å². The first-order chi connectivity index (χ1) is 14.2. The summed E-state index contributed by atoms with van der Waals surface area (Å²) >= 11 is 0. The quantitative estimate of drug-likeness (QED) is 0.597. The van der Waals surface area contributed by atoms with E-state index in [-0.39, 0.29) is 6.54 Å². The molecule has 1 atom stereocenters. The lowest BCUT2D eigenvalue weighted by atomic mass is 10.2. The highest BCUT2D eigenvalue weighted by atomic mass is 32.2. The predicted octanol–water partition coefficient (Wildman–Crippen LogP) is 2.44. The van der Waals surface area contributed by atoms with Crippen LogP contribution < -0.4 is 10.0 Å². The third-order valence-electron chi connectivity index (χ3n) is 4.42. The van der Waals surface area contributed by atoms with Crippen molar-refractivity contribution in [3.63, 3.8) is 0 Å². The van der Waals surface area contributed by atoms with Gasteiger partial charge in [-0.1, -0.05) is 18.2 Å². The van der Waals surface area contributed by atoms with E-state index in [2.05, 4.69) is 15.0 Å². The molecule has 158 valence electrons. The van der Waals surface area contributed by atoms with Gasteiger partial charge < -0.3 is 9.88 Å². The largest absolute Gasteiger partial charge is 0.351 e. The van der Waals surface area contributed by atoms with Crippen LogP contribution >= 0.6 is 0 Å². The minimum absolute atomic E-state index is 0.00922. The van der Waals surface area contributed by atoms with Crippen molar-refractivity contribution in [3.8, 4) is 5.69 Å². The summed E-state index contributed by atoms with van der Waals surface area (Å²) in [6.07, 6.45) is 3.20. The van der Waals surface area contributed by atoms with Crippen molar-refractivity contribution in [2.75, 3.05) is 0 Å². The second-order valence-corrected chi connectivity index (χ2v) is 8.30. The molecule has 10 heteroatoms. The molecule has 0 unspecified atom stereocenters. The fraction of sp³-hybridized carbons (Fsp3) is 0.200. The predicted molar refractivity (Wildman–Crippen MR) is 106 cm³/mol. The Morgan fingerprint density at radius 3 is 2.53 bits per heavy atom. The monoisotopic (exact) mass is 434 g/mol. The number of nitrogens with zero attached hydrogens (tertiary/aromatic N) is 2. The molecule has 30 heavy (non-hydrogen) atoms. The molecule has 0 bridgehead atoms. The standard InChI is InChI=1S/C20H20F2N4O3S/c1-13(25-30(28,29)19-6-4-3-5-16(19)21)20(27)24-12-15-7-8-18(17(22)11-15)26-10-9-23-14(26)2/h3-11,13,25H,12H2,1-2H3,(H,24,27)/t13-/m0/s1. The summed E-state index contributed by atoms with van der Waals surface area (Å²) in [7, 11) is -4.21. The minimum Gasteiger partial charge on any atom is -0.351 e. The van der Waals surface area contributed by atoms with Gasteiger partial charge in [0.15, 0.2) is 0 Å². The second-order valence-electron chi connectivity index (χ2n) is 6.62. The van der Waals surface area contributed by atoms with Gasteiger partial charge in [0.05, 0.1) is 11.7 Å². The van der Waals surface area contributed by atoms with E-state index < -0.39 is 38.5 Å². The maximum atomic E-state index is 14.4. The van der Waals surface area contributed by atoms with E-state index in [4.69, 9.17) is 0 Å². The summed E-state index contributed by atoms with van der Waals surface area (Å²) in [5, 5.41) is 2.53.